The fraction of sp³-hybridized carbons (Fsp3) is 0.375. The number of carbonyl (C=O) groups is 3. The largest absolute Gasteiger partial charge is 0.507 e. The van der Waals surface area contributed by atoms with Crippen LogP contribution in [-0.4, -0.2) is 55.3 Å². The Morgan fingerprint density at radius 3 is 2.59 bits per heavy atom. The van der Waals surface area contributed by atoms with Gasteiger partial charge in [-0.3, -0.25) is 14.5 Å². The van der Waals surface area contributed by atoms with Crippen LogP contribution in [0, 0.1) is 5.82 Å². The molecule has 0 bridgehead atoms. The van der Waals surface area contributed by atoms with Gasteiger partial charge < -0.3 is 25.8 Å². The molecule has 2 aromatic rings. The van der Waals surface area contributed by atoms with Crippen LogP contribution in [0.2, 0.25) is 0 Å². The minimum Gasteiger partial charge on any atom is -0.507 e. The molecule has 2 saturated heterocycles. The van der Waals surface area contributed by atoms with Gasteiger partial charge in [0.05, 0.1) is 36.4 Å². The number of amides is 3. The van der Waals surface area contributed by atoms with E-state index in [1.807, 2.05) is 4.90 Å². The number of piperidine rings is 1. The maximum atomic E-state index is 14.7. The number of hydrogen-bond donors (Lipinski definition) is 3. The van der Waals surface area contributed by atoms with Crippen molar-refractivity contribution in [1.82, 2.24) is 5.32 Å². The minimum absolute atomic E-state index is 0.0254. The number of cyclic esters (lactones) is 1. The second kappa shape index (κ2) is 9.98. The number of halogens is 1. The Balaban J connectivity index is 1.31. The average molecular weight is 471 g/mol. The highest BCUT2D eigenvalue weighted by Crippen LogP contribution is 2.29. The molecule has 2 aliphatic rings. The SMILES string of the molecule is NC(=O)c1ccc(CC(=O)NC[C@H]2CN(c3ccc(N4CCCCC4)c(F)c3)C(=O)O2)cc1O. The van der Waals surface area contributed by atoms with Crippen LogP contribution in [0.1, 0.15) is 35.2 Å². The van der Waals surface area contributed by atoms with Gasteiger partial charge in [0, 0.05) is 13.1 Å². The predicted octanol–water partition coefficient (Wildman–Crippen LogP) is 2.30. The highest BCUT2D eigenvalue weighted by Gasteiger charge is 2.33. The van der Waals surface area contributed by atoms with Crippen LogP contribution in [0.5, 0.6) is 5.75 Å². The number of anilines is 2. The van der Waals surface area contributed by atoms with E-state index in [1.54, 1.807) is 12.1 Å². The molecule has 34 heavy (non-hydrogen) atoms. The molecule has 4 rings (SSSR count). The van der Waals surface area contributed by atoms with Crippen LogP contribution >= 0.6 is 0 Å². The molecule has 0 aliphatic carbocycles. The van der Waals surface area contributed by atoms with Crippen molar-refractivity contribution in [1.29, 1.82) is 0 Å². The molecule has 0 unspecified atom stereocenters. The molecule has 0 spiro atoms. The van der Waals surface area contributed by atoms with Crippen molar-refractivity contribution < 1.29 is 28.6 Å². The van der Waals surface area contributed by atoms with Crippen LogP contribution in [-0.2, 0) is 16.0 Å². The summed E-state index contributed by atoms with van der Waals surface area (Å²) in [4.78, 5) is 39.2. The van der Waals surface area contributed by atoms with Gasteiger partial charge in [-0.25, -0.2) is 9.18 Å². The highest BCUT2D eigenvalue weighted by molar-refractivity contribution is 5.95. The standard InChI is InChI=1S/C24H27FN4O5/c25-19-12-16(5-7-20(19)28-8-2-1-3-9-28)29-14-17(34-24(29)33)13-27-22(31)11-15-4-6-18(23(26)32)21(30)10-15/h4-7,10,12,17,30H,1-3,8-9,11,13-14H2,(H2,26,32)(H,27,31)/t17-/m0/s1. The normalized spacial score (nSPS) is 18.0. The molecule has 0 radical (unpaired) electrons. The van der Waals surface area contributed by atoms with E-state index >= 15 is 0 Å². The van der Waals surface area contributed by atoms with Crippen molar-refractivity contribution in [2.24, 2.45) is 5.73 Å². The lowest BCUT2D eigenvalue weighted by Crippen LogP contribution is -2.35. The monoisotopic (exact) mass is 470 g/mol. The number of nitrogens with one attached hydrogen (secondary N) is 1. The lowest BCUT2D eigenvalue weighted by molar-refractivity contribution is -0.120. The molecule has 2 heterocycles. The third-order valence-corrected chi connectivity index (χ3v) is 6.03. The van der Waals surface area contributed by atoms with Crippen molar-refractivity contribution in [2.75, 3.05) is 36.0 Å². The van der Waals surface area contributed by atoms with Crippen LogP contribution in [0.15, 0.2) is 36.4 Å². The van der Waals surface area contributed by atoms with Crippen molar-refractivity contribution >= 4 is 29.3 Å². The Labute approximate surface area is 196 Å². The van der Waals surface area contributed by atoms with Crippen molar-refractivity contribution in [2.45, 2.75) is 31.8 Å². The maximum absolute atomic E-state index is 14.7. The number of carbonyl (C=O) groups excluding carboxylic acids is 3. The molecule has 3 amide bonds. The molecular weight excluding hydrogens is 443 g/mol. The summed E-state index contributed by atoms with van der Waals surface area (Å²) >= 11 is 0. The first-order chi connectivity index (χ1) is 16.3. The van der Waals surface area contributed by atoms with Gasteiger partial charge in [0.25, 0.3) is 5.91 Å². The molecule has 2 fully saturated rings. The van der Waals surface area contributed by atoms with Gasteiger partial charge in [0.15, 0.2) is 0 Å². The zero-order valence-corrected chi connectivity index (χ0v) is 18.6. The van der Waals surface area contributed by atoms with E-state index in [4.69, 9.17) is 10.5 Å². The van der Waals surface area contributed by atoms with Crippen molar-refractivity contribution in [3.05, 3.63) is 53.3 Å². The topological polar surface area (TPSA) is 125 Å². The quantitative estimate of drug-likeness (QED) is 0.570. The summed E-state index contributed by atoms with van der Waals surface area (Å²) in [6, 6.07) is 8.92. The average Bonchev–Trinajstić information content (AvgIpc) is 3.18. The van der Waals surface area contributed by atoms with E-state index in [2.05, 4.69) is 5.32 Å². The zero-order valence-electron chi connectivity index (χ0n) is 18.6. The number of aromatic hydroxyl groups is 1. The summed E-state index contributed by atoms with van der Waals surface area (Å²) in [7, 11) is 0. The summed E-state index contributed by atoms with van der Waals surface area (Å²) in [5.74, 6) is -1.79. The predicted molar refractivity (Wildman–Crippen MR) is 123 cm³/mol. The van der Waals surface area contributed by atoms with Gasteiger partial charge in [-0.05, 0) is 55.2 Å². The Morgan fingerprint density at radius 2 is 1.91 bits per heavy atom. The molecule has 0 aromatic heterocycles. The van der Waals surface area contributed by atoms with E-state index in [1.165, 1.54) is 29.2 Å². The number of ether oxygens (including phenoxy) is 1. The van der Waals surface area contributed by atoms with Crippen LogP contribution in [0.3, 0.4) is 0 Å². The van der Waals surface area contributed by atoms with Gasteiger partial charge >= 0.3 is 6.09 Å². The van der Waals surface area contributed by atoms with Crippen molar-refractivity contribution in [3.8, 4) is 5.75 Å². The Bertz CT molecular complexity index is 1100. The lowest BCUT2D eigenvalue weighted by atomic mass is 10.1. The molecule has 10 heteroatoms. The molecule has 2 aliphatic heterocycles. The number of primary amides is 1. The summed E-state index contributed by atoms with van der Waals surface area (Å²) < 4.78 is 20.1. The molecule has 4 N–H and O–H groups in total. The second-order valence-corrected chi connectivity index (χ2v) is 8.50. The fourth-order valence-corrected chi connectivity index (χ4v) is 4.26. The third kappa shape index (κ3) is 5.22. The summed E-state index contributed by atoms with van der Waals surface area (Å²) in [5, 5.41) is 12.5. The Hall–Kier alpha value is -3.82. The van der Waals surface area contributed by atoms with Gasteiger partial charge in [0.2, 0.25) is 5.91 Å². The molecule has 180 valence electrons. The number of nitrogens with zero attached hydrogens (tertiary/aromatic N) is 2. The van der Waals surface area contributed by atoms with Crippen LogP contribution in [0.4, 0.5) is 20.6 Å². The first-order valence-electron chi connectivity index (χ1n) is 11.2. The van der Waals surface area contributed by atoms with E-state index in [-0.39, 0.29) is 42.5 Å². The summed E-state index contributed by atoms with van der Waals surface area (Å²) in [5.41, 5.74) is 6.56. The van der Waals surface area contributed by atoms with E-state index in [9.17, 15) is 23.9 Å². The van der Waals surface area contributed by atoms with E-state index < -0.39 is 18.1 Å². The Morgan fingerprint density at radius 1 is 1.15 bits per heavy atom. The Kier molecular flexibility index (Phi) is 6.85. The molecule has 9 nitrogen and oxygen atoms in total. The highest BCUT2D eigenvalue weighted by atomic mass is 19.1. The van der Waals surface area contributed by atoms with Gasteiger partial charge in [-0.15, -0.1) is 0 Å². The van der Waals surface area contributed by atoms with E-state index in [0.29, 0.717) is 16.9 Å². The summed E-state index contributed by atoms with van der Waals surface area (Å²) in [6.45, 7) is 1.90. The first kappa shape index (κ1) is 23.3. The summed E-state index contributed by atoms with van der Waals surface area (Å²) in [6.07, 6.45) is 1.99. The van der Waals surface area contributed by atoms with Crippen LogP contribution in [0.25, 0.3) is 0 Å². The molecular formula is C24H27FN4O5. The number of rotatable bonds is 7. The van der Waals surface area contributed by atoms with Gasteiger partial charge in [-0.2, -0.15) is 0 Å². The van der Waals surface area contributed by atoms with Gasteiger partial charge in [-0.1, -0.05) is 6.07 Å². The molecule has 2 aromatic carbocycles. The third-order valence-electron chi connectivity index (χ3n) is 6.03. The van der Waals surface area contributed by atoms with Crippen LogP contribution < -0.4 is 20.9 Å². The second-order valence-electron chi connectivity index (χ2n) is 8.50. The smallest absolute Gasteiger partial charge is 0.414 e. The minimum atomic E-state index is -0.762. The molecule has 1 atom stereocenters. The fourth-order valence-electron chi connectivity index (χ4n) is 4.26. The van der Waals surface area contributed by atoms with Crippen molar-refractivity contribution in [3.63, 3.8) is 0 Å². The van der Waals surface area contributed by atoms with Gasteiger partial charge in [0.1, 0.15) is 17.7 Å². The molecule has 0 saturated carbocycles. The van der Waals surface area contributed by atoms with E-state index in [0.717, 1.165) is 32.4 Å². The number of phenols is 1. The number of hydrogen-bond acceptors (Lipinski definition) is 6. The first-order valence-corrected chi connectivity index (χ1v) is 11.2. The zero-order chi connectivity index (χ0) is 24.2. The maximum Gasteiger partial charge on any atom is 0.414 e. The lowest BCUT2D eigenvalue weighted by Gasteiger charge is -2.29. The number of nitrogens with two attached hydrogens (primary N) is 1. The number of benzene rings is 2.